The summed E-state index contributed by atoms with van der Waals surface area (Å²) in [5, 5.41) is 13.0. The first-order chi connectivity index (χ1) is 8.81. The second-order valence-electron chi connectivity index (χ2n) is 6.55. The van der Waals surface area contributed by atoms with Gasteiger partial charge in [-0.3, -0.25) is 4.90 Å². The largest absolute Gasteiger partial charge is 0.396 e. The molecular weight excluding hydrogens is 242 g/mol. The maximum atomic E-state index is 8.98. The summed E-state index contributed by atoms with van der Waals surface area (Å²) in [7, 11) is 0. The van der Waals surface area contributed by atoms with Gasteiger partial charge in [0.1, 0.15) is 0 Å². The lowest BCUT2D eigenvalue weighted by Crippen LogP contribution is -2.33. The Hall–Kier alpha value is -0.940. The third-order valence-electron chi connectivity index (χ3n) is 2.67. The molecule has 0 fully saturated rings. The zero-order chi connectivity index (χ0) is 14.5. The van der Waals surface area contributed by atoms with E-state index in [4.69, 9.17) is 9.63 Å². The summed E-state index contributed by atoms with van der Waals surface area (Å²) in [6.07, 6.45) is 0.769. The van der Waals surface area contributed by atoms with E-state index < -0.39 is 0 Å². The highest BCUT2D eigenvalue weighted by Crippen LogP contribution is 2.17. The summed E-state index contributed by atoms with van der Waals surface area (Å²) in [5.41, 5.74) is 0.208. The van der Waals surface area contributed by atoms with Gasteiger partial charge in [0.15, 0.2) is 5.82 Å². The summed E-state index contributed by atoms with van der Waals surface area (Å²) in [4.78, 5) is 6.67. The van der Waals surface area contributed by atoms with Crippen LogP contribution < -0.4 is 0 Å². The summed E-state index contributed by atoms with van der Waals surface area (Å²) in [6, 6.07) is 0. The van der Waals surface area contributed by atoms with Crippen molar-refractivity contribution < 1.29 is 9.63 Å². The highest BCUT2D eigenvalue weighted by molar-refractivity contribution is 4.91. The molecule has 0 radical (unpaired) electrons. The second kappa shape index (κ2) is 7.01. The molecule has 0 aliphatic rings. The lowest BCUT2D eigenvalue weighted by Gasteiger charge is -2.28. The van der Waals surface area contributed by atoms with Gasteiger partial charge in [-0.25, -0.2) is 0 Å². The third-order valence-corrected chi connectivity index (χ3v) is 2.67. The molecule has 0 unspecified atom stereocenters. The van der Waals surface area contributed by atoms with Gasteiger partial charge in [-0.1, -0.05) is 39.8 Å². The van der Waals surface area contributed by atoms with Crippen LogP contribution in [0.4, 0.5) is 0 Å². The lowest BCUT2D eigenvalue weighted by molar-refractivity contribution is 0.161. The molecule has 0 spiro atoms. The number of hydrogen-bond donors (Lipinski definition) is 1. The fraction of sp³-hybridized carbons (Fsp3) is 0.857. The molecule has 5 nitrogen and oxygen atoms in total. The van der Waals surface area contributed by atoms with Crippen molar-refractivity contribution >= 4 is 0 Å². The maximum Gasteiger partial charge on any atom is 0.229 e. The fourth-order valence-electron chi connectivity index (χ4n) is 1.95. The van der Waals surface area contributed by atoms with Gasteiger partial charge in [-0.15, -0.1) is 0 Å². The van der Waals surface area contributed by atoms with E-state index in [0.717, 1.165) is 25.3 Å². The average molecular weight is 269 g/mol. The van der Waals surface area contributed by atoms with Crippen molar-refractivity contribution in [2.24, 2.45) is 5.41 Å². The highest BCUT2D eigenvalue weighted by atomic mass is 16.5. The van der Waals surface area contributed by atoms with Gasteiger partial charge in [0, 0.05) is 25.6 Å². The Kier molecular flexibility index (Phi) is 5.94. The van der Waals surface area contributed by atoms with Crippen molar-refractivity contribution in [3.8, 4) is 0 Å². The Morgan fingerprint density at radius 3 is 2.47 bits per heavy atom. The minimum Gasteiger partial charge on any atom is -0.396 e. The predicted octanol–water partition coefficient (Wildman–Crippen LogP) is 2.42. The van der Waals surface area contributed by atoms with Crippen molar-refractivity contribution in [3.05, 3.63) is 11.7 Å². The maximum absolute atomic E-state index is 8.98. The van der Waals surface area contributed by atoms with Crippen molar-refractivity contribution in [1.29, 1.82) is 0 Å². The monoisotopic (exact) mass is 269 g/mol. The lowest BCUT2D eigenvalue weighted by atomic mass is 9.96. The van der Waals surface area contributed by atoms with Crippen molar-refractivity contribution in [2.75, 3.05) is 19.7 Å². The molecule has 1 rings (SSSR count). The molecule has 110 valence electrons. The van der Waals surface area contributed by atoms with E-state index >= 15 is 0 Å². The van der Waals surface area contributed by atoms with E-state index in [-0.39, 0.29) is 17.9 Å². The molecule has 0 bridgehead atoms. The number of aliphatic hydroxyl groups excluding tert-OH is 1. The first kappa shape index (κ1) is 16.1. The number of rotatable bonds is 7. The van der Waals surface area contributed by atoms with Crippen LogP contribution in [0.3, 0.4) is 0 Å². The molecule has 19 heavy (non-hydrogen) atoms. The third kappa shape index (κ3) is 6.16. The molecule has 5 heteroatoms. The van der Waals surface area contributed by atoms with Crippen molar-refractivity contribution in [1.82, 2.24) is 15.0 Å². The molecule has 0 saturated heterocycles. The quantitative estimate of drug-likeness (QED) is 0.823. The van der Waals surface area contributed by atoms with Crippen LogP contribution in [-0.2, 0) is 6.54 Å². The molecule has 0 aromatic carbocycles. The van der Waals surface area contributed by atoms with Gasteiger partial charge >= 0.3 is 0 Å². The van der Waals surface area contributed by atoms with Gasteiger partial charge in [0.25, 0.3) is 0 Å². The van der Waals surface area contributed by atoms with E-state index in [1.54, 1.807) is 0 Å². The van der Waals surface area contributed by atoms with E-state index in [2.05, 4.69) is 35.8 Å². The van der Waals surface area contributed by atoms with Gasteiger partial charge in [0.05, 0.1) is 6.54 Å². The molecular formula is C14H27N3O2. The van der Waals surface area contributed by atoms with Crippen LogP contribution in [0.1, 0.15) is 58.7 Å². The molecule has 1 aromatic rings. The van der Waals surface area contributed by atoms with E-state index in [9.17, 15) is 0 Å². The second-order valence-corrected chi connectivity index (χ2v) is 6.55. The topological polar surface area (TPSA) is 62.4 Å². The van der Waals surface area contributed by atoms with Crippen LogP contribution in [0.2, 0.25) is 0 Å². The molecule has 1 heterocycles. The van der Waals surface area contributed by atoms with Crippen LogP contribution in [0.25, 0.3) is 0 Å². The molecule has 1 N–H and O–H groups in total. The zero-order valence-corrected chi connectivity index (χ0v) is 12.8. The summed E-state index contributed by atoms with van der Waals surface area (Å²) in [5.74, 6) is 1.67. The predicted molar refractivity (Wildman–Crippen MR) is 74.8 cm³/mol. The van der Waals surface area contributed by atoms with E-state index in [1.807, 2.05) is 13.8 Å². The van der Waals surface area contributed by atoms with Crippen LogP contribution in [0.15, 0.2) is 4.52 Å². The Bertz CT molecular complexity index is 369. The Morgan fingerprint density at radius 2 is 2.00 bits per heavy atom. The normalized spacial score (nSPS) is 12.6. The van der Waals surface area contributed by atoms with Crippen LogP contribution in [0, 0.1) is 5.41 Å². The molecule has 1 aromatic heterocycles. The summed E-state index contributed by atoms with van der Waals surface area (Å²) < 4.78 is 5.22. The smallest absolute Gasteiger partial charge is 0.229 e. The minimum atomic E-state index is 0.208. The van der Waals surface area contributed by atoms with Crippen LogP contribution in [0.5, 0.6) is 0 Å². The van der Waals surface area contributed by atoms with Gasteiger partial charge in [-0.2, -0.15) is 4.98 Å². The Balaban J connectivity index is 2.64. The number of aromatic nitrogens is 2. The van der Waals surface area contributed by atoms with Crippen LogP contribution >= 0.6 is 0 Å². The van der Waals surface area contributed by atoms with Gasteiger partial charge in [0.2, 0.25) is 5.89 Å². The minimum absolute atomic E-state index is 0.208. The number of hydrogen-bond acceptors (Lipinski definition) is 5. The summed E-state index contributed by atoms with van der Waals surface area (Å²) >= 11 is 0. The first-order valence-corrected chi connectivity index (χ1v) is 6.97. The number of nitrogens with zero attached hydrogens (tertiary/aromatic N) is 3. The fourth-order valence-corrected chi connectivity index (χ4v) is 1.95. The van der Waals surface area contributed by atoms with E-state index in [0.29, 0.717) is 12.4 Å². The molecule has 0 saturated carbocycles. The van der Waals surface area contributed by atoms with Crippen molar-refractivity contribution in [2.45, 2.75) is 53.5 Å². The van der Waals surface area contributed by atoms with Gasteiger partial charge < -0.3 is 9.63 Å². The average Bonchev–Trinajstić information content (AvgIpc) is 2.72. The highest BCUT2D eigenvalue weighted by Gasteiger charge is 2.19. The summed E-state index contributed by atoms with van der Waals surface area (Å²) in [6.45, 7) is 13.4. The molecule has 0 aliphatic heterocycles. The zero-order valence-electron chi connectivity index (χ0n) is 12.8. The van der Waals surface area contributed by atoms with Crippen LogP contribution in [-0.4, -0.2) is 39.8 Å². The molecule has 0 aliphatic carbocycles. The van der Waals surface area contributed by atoms with Gasteiger partial charge in [-0.05, 0) is 11.8 Å². The van der Waals surface area contributed by atoms with Crippen molar-refractivity contribution in [3.63, 3.8) is 0 Å². The molecule has 0 atom stereocenters. The first-order valence-electron chi connectivity index (χ1n) is 6.97. The Morgan fingerprint density at radius 1 is 1.32 bits per heavy atom. The molecule has 0 amide bonds. The van der Waals surface area contributed by atoms with E-state index in [1.165, 1.54) is 0 Å². The standard InChI is InChI=1S/C14H27N3O2/c1-11(2)13-15-12(16-19-13)9-17(7-6-8-18)10-14(3,4)5/h11,18H,6-10H2,1-5H3. The SMILES string of the molecule is CC(C)c1nc(CN(CCCO)CC(C)(C)C)no1. The Labute approximate surface area is 116 Å². The number of aliphatic hydroxyl groups is 1.